The van der Waals surface area contributed by atoms with Crippen LogP contribution in [-0.4, -0.2) is 28.8 Å². The molecular weight excluding hydrogens is 256 g/mol. The third-order valence-corrected chi connectivity index (χ3v) is 3.34. The zero-order valence-electron chi connectivity index (χ0n) is 11.2. The number of nitrogens with zero attached hydrogens (tertiary/aromatic N) is 3. The van der Waals surface area contributed by atoms with Crippen molar-refractivity contribution in [2.45, 2.75) is 13.5 Å². The maximum absolute atomic E-state index is 12.8. The van der Waals surface area contributed by atoms with Crippen molar-refractivity contribution in [2.75, 3.05) is 23.8 Å². The SMILES string of the molecule is CCn1ncc(N)c1C(=O)N1CCOc2ccccc21. The maximum atomic E-state index is 12.8. The summed E-state index contributed by atoms with van der Waals surface area (Å²) >= 11 is 0. The number of aromatic nitrogens is 2. The van der Waals surface area contributed by atoms with Gasteiger partial charge in [0.1, 0.15) is 18.1 Å². The van der Waals surface area contributed by atoms with Gasteiger partial charge in [0.2, 0.25) is 0 Å². The Morgan fingerprint density at radius 2 is 2.25 bits per heavy atom. The van der Waals surface area contributed by atoms with Crippen molar-refractivity contribution in [1.82, 2.24) is 9.78 Å². The summed E-state index contributed by atoms with van der Waals surface area (Å²) in [5.41, 5.74) is 7.49. The molecule has 3 rings (SSSR count). The maximum Gasteiger partial charge on any atom is 0.278 e. The second kappa shape index (κ2) is 4.88. The van der Waals surface area contributed by atoms with Gasteiger partial charge in [-0.1, -0.05) is 12.1 Å². The molecule has 1 aromatic carbocycles. The van der Waals surface area contributed by atoms with Gasteiger partial charge < -0.3 is 15.4 Å². The predicted octanol–water partition coefficient (Wildman–Crippen LogP) is 1.52. The zero-order valence-corrected chi connectivity index (χ0v) is 11.2. The summed E-state index contributed by atoms with van der Waals surface area (Å²) in [6, 6.07) is 7.50. The van der Waals surface area contributed by atoms with Crippen LogP contribution < -0.4 is 15.4 Å². The number of anilines is 2. The molecule has 0 saturated heterocycles. The molecule has 0 atom stereocenters. The molecule has 0 aliphatic carbocycles. The minimum Gasteiger partial charge on any atom is -0.490 e. The molecule has 20 heavy (non-hydrogen) atoms. The van der Waals surface area contributed by atoms with Gasteiger partial charge in [-0.2, -0.15) is 5.10 Å². The number of rotatable bonds is 2. The molecule has 0 unspecified atom stereocenters. The van der Waals surface area contributed by atoms with Crippen LogP contribution in [0.5, 0.6) is 5.75 Å². The molecule has 0 bridgehead atoms. The van der Waals surface area contributed by atoms with Crippen LogP contribution in [0.15, 0.2) is 30.5 Å². The van der Waals surface area contributed by atoms with Crippen LogP contribution in [0.4, 0.5) is 11.4 Å². The third-order valence-electron chi connectivity index (χ3n) is 3.34. The molecule has 2 heterocycles. The van der Waals surface area contributed by atoms with Crippen molar-refractivity contribution in [3.05, 3.63) is 36.2 Å². The summed E-state index contributed by atoms with van der Waals surface area (Å²) < 4.78 is 7.18. The molecule has 0 fully saturated rings. The molecule has 1 amide bonds. The zero-order chi connectivity index (χ0) is 14.1. The molecule has 104 valence electrons. The highest BCUT2D eigenvalue weighted by Gasteiger charge is 2.28. The smallest absolute Gasteiger partial charge is 0.278 e. The lowest BCUT2D eigenvalue weighted by atomic mass is 10.2. The summed E-state index contributed by atoms with van der Waals surface area (Å²) in [4.78, 5) is 14.4. The van der Waals surface area contributed by atoms with Crippen LogP contribution in [-0.2, 0) is 6.54 Å². The van der Waals surface area contributed by atoms with E-state index in [1.165, 1.54) is 6.20 Å². The minimum absolute atomic E-state index is 0.141. The molecule has 0 spiro atoms. The fourth-order valence-electron chi connectivity index (χ4n) is 2.38. The summed E-state index contributed by atoms with van der Waals surface area (Å²) in [6.45, 7) is 3.51. The molecule has 2 aromatic rings. The Labute approximate surface area is 116 Å². The molecule has 0 radical (unpaired) electrons. The highest BCUT2D eigenvalue weighted by molar-refractivity contribution is 6.09. The Morgan fingerprint density at radius 1 is 1.45 bits per heavy atom. The van der Waals surface area contributed by atoms with E-state index in [1.54, 1.807) is 9.58 Å². The van der Waals surface area contributed by atoms with E-state index in [0.29, 0.717) is 36.8 Å². The van der Waals surface area contributed by atoms with Gasteiger partial charge in [0, 0.05) is 6.54 Å². The normalized spacial score (nSPS) is 13.8. The summed E-state index contributed by atoms with van der Waals surface area (Å²) in [5, 5.41) is 4.12. The Hall–Kier alpha value is -2.50. The number of ether oxygens (including phenoxy) is 1. The monoisotopic (exact) mass is 272 g/mol. The number of hydrogen-bond donors (Lipinski definition) is 1. The van der Waals surface area contributed by atoms with Crippen LogP contribution >= 0.6 is 0 Å². The number of aryl methyl sites for hydroxylation is 1. The lowest BCUT2D eigenvalue weighted by Crippen LogP contribution is -2.39. The molecule has 6 nitrogen and oxygen atoms in total. The van der Waals surface area contributed by atoms with Crippen molar-refractivity contribution in [1.29, 1.82) is 0 Å². The van der Waals surface area contributed by atoms with Crippen molar-refractivity contribution in [2.24, 2.45) is 0 Å². The van der Waals surface area contributed by atoms with Crippen molar-refractivity contribution >= 4 is 17.3 Å². The van der Waals surface area contributed by atoms with Crippen molar-refractivity contribution < 1.29 is 9.53 Å². The van der Waals surface area contributed by atoms with E-state index in [1.807, 2.05) is 31.2 Å². The van der Waals surface area contributed by atoms with Gasteiger partial charge >= 0.3 is 0 Å². The first-order valence-electron chi connectivity index (χ1n) is 6.57. The van der Waals surface area contributed by atoms with E-state index >= 15 is 0 Å². The van der Waals surface area contributed by atoms with Crippen LogP contribution in [0, 0.1) is 0 Å². The number of fused-ring (bicyclic) bond motifs is 1. The average Bonchev–Trinajstić information content (AvgIpc) is 2.87. The number of carbonyl (C=O) groups excluding carboxylic acids is 1. The Bertz CT molecular complexity index is 650. The molecule has 1 aliphatic rings. The van der Waals surface area contributed by atoms with Crippen LogP contribution in [0.1, 0.15) is 17.4 Å². The molecule has 6 heteroatoms. The van der Waals surface area contributed by atoms with Gasteiger partial charge in [-0.05, 0) is 19.1 Å². The van der Waals surface area contributed by atoms with Gasteiger partial charge in [-0.25, -0.2) is 0 Å². The lowest BCUT2D eigenvalue weighted by molar-refractivity contribution is 0.0967. The number of para-hydroxylation sites is 2. The average molecular weight is 272 g/mol. The van der Waals surface area contributed by atoms with Gasteiger partial charge in [0.05, 0.1) is 24.1 Å². The first kappa shape index (κ1) is 12.5. The number of nitrogen functional groups attached to an aromatic ring is 1. The minimum atomic E-state index is -0.141. The fraction of sp³-hybridized carbons (Fsp3) is 0.286. The summed E-state index contributed by atoms with van der Waals surface area (Å²) in [5.74, 6) is 0.575. The second-order valence-corrected chi connectivity index (χ2v) is 4.54. The van der Waals surface area contributed by atoms with E-state index in [2.05, 4.69) is 5.10 Å². The quantitative estimate of drug-likeness (QED) is 0.899. The van der Waals surface area contributed by atoms with Gasteiger partial charge in [0.25, 0.3) is 5.91 Å². The third kappa shape index (κ3) is 1.89. The summed E-state index contributed by atoms with van der Waals surface area (Å²) in [6.07, 6.45) is 1.52. The van der Waals surface area contributed by atoms with E-state index in [-0.39, 0.29) is 5.91 Å². The van der Waals surface area contributed by atoms with Gasteiger partial charge in [-0.3, -0.25) is 9.48 Å². The molecule has 0 saturated carbocycles. The largest absolute Gasteiger partial charge is 0.490 e. The Kier molecular flexibility index (Phi) is 3.06. The predicted molar refractivity (Wildman–Crippen MR) is 75.9 cm³/mol. The van der Waals surface area contributed by atoms with Gasteiger partial charge in [-0.15, -0.1) is 0 Å². The number of carbonyl (C=O) groups is 1. The first-order chi connectivity index (χ1) is 9.72. The van der Waals surface area contributed by atoms with Crippen LogP contribution in [0.25, 0.3) is 0 Å². The van der Waals surface area contributed by atoms with Gasteiger partial charge in [0.15, 0.2) is 0 Å². The number of nitrogens with two attached hydrogens (primary N) is 1. The molecule has 1 aliphatic heterocycles. The Morgan fingerprint density at radius 3 is 3.05 bits per heavy atom. The lowest BCUT2D eigenvalue weighted by Gasteiger charge is -2.29. The fourth-order valence-corrected chi connectivity index (χ4v) is 2.38. The highest BCUT2D eigenvalue weighted by Crippen LogP contribution is 2.32. The summed E-state index contributed by atoms with van der Waals surface area (Å²) in [7, 11) is 0. The number of amides is 1. The topological polar surface area (TPSA) is 73.4 Å². The van der Waals surface area contributed by atoms with Crippen LogP contribution in [0.2, 0.25) is 0 Å². The standard InChI is InChI=1S/C14H16N4O2/c1-2-18-13(10(15)9-16-18)14(19)17-7-8-20-12-6-4-3-5-11(12)17/h3-6,9H,2,7-8,15H2,1H3. The second-order valence-electron chi connectivity index (χ2n) is 4.54. The number of benzene rings is 1. The molecular formula is C14H16N4O2. The van der Waals surface area contributed by atoms with Crippen molar-refractivity contribution in [3.8, 4) is 5.75 Å². The molecule has 2 N–H and O–H groups in total. The van der Waals surface area contributed by atoms with Crippen LogP contribution in [0.3, 0.4) is 0 Å². The van der Waals surface area contributed by atoms with Crippen molar-refractivity contribution in [3.63, 3.8) is 0 Å². The van der Waals surface area contributed by atoms with E-state index < -0.39 is 0 Å². The van der Waals surface area contributed by atoms with E-state index in [0.717, 1.165) is 5.69 Å². The first-order valence-corrected chi connectivity index (χ1v) is 6.57. The highest BCUT2D eigenvalue weighted by atomic mass is 16.5. The Balaban J connectivity index is 2.02. The number of hydrogen-bond acceptors (Lipinski definition) is 4. The molecule has 1 aromatic heterocycles. The van der Waals surface area contributed by atoms with E-state index in [9.17, 15) is 4.79 Å². The van der Waals surface area contributed by atoms with E-state index in [4.69, 9.17) is 10.5 Å².